The van der Waals surface area contributed by atoms with E-state index in [-0.39, 0.29) is 29.2 Å². The van der Waals surface area contributed by atoms with E-state index in [1.807, 2.05) is 15.5 Å². The molecule has 1 aromatic heterocycles. The molecule has 25 heavy (non-hydrogen) atoms. The van der Waals surface area contributed by atoms with Gasteiger partial charge in [0, 0.05) is 37.3 Å². The van der Waals surface area contributed by atoms with Gasteiger partial charge in [-0.1, -0.05) is 18.9 Å². The first-order valence-electron chi connectivity index (χ1n) is 9.26. The number of carbonyl (C=O) groups is 2. The first-order chi connectivity index (χ1) is 12.0. The van der Waals surface area contributed by atoms with Crippen LogP contribution in [0.2, 0.25) is 0 Å². The normalized spacial score (nSPS) is 31.3. The predicted molar refractivity (Wildman–Crippen MR) is 91.2 cm³/mol. The number of aliphatic carboxylic acids is 1. The summed E-state index contributed by atoms with van der Waals surface area (Å²) < 4.78 is 1.85. The van der Waals surface area contributed by atoms with Crippen LogP contribution in [0.25, 0.3) is 0 Å². The first-order valence-corrected chi connectivity index (χ1v) is 9.26. The fourth-order valence-corrected chi connectivity index (χ4v) is 5.03. The molecule has 134 valence electrons. The van der Waals surface area contributed by atoms with Gasteiger partial charge in [-0.3, -0.25) is 14.4 Å². The number of amides is 1. The fraction of sp³-hybridized carbons (Fsp3) is 0.632. The summed E-state index contributed by atoms with van der Waals surface area (Å²) >= 11 is 0. The number of pyridine rings is 1. The molecule has 2 fully saturated rings. The molecule has 1 aliphatic carbocycles. The number of aromatic nitrogens is 1. The maximum Gasteiger partial charge on any atom is 0.307 e. The number of rotatable bonds is 2. The van der Waals surface area contributed by atoms with Crippen LogP contribution in [0.3, 0.4) is 0 Å². The zero-order valence-corrected chi connectivity index (χ0v) is 14.3. The van der Waals surface area contributed by atoms with Crippen molar-refractivity contribution in [3.63, 3.8) is 0 Å². The summed E-state index contributed by atoms with van der Waals surface area (Å²) in [6.45, 7) is 1.89. The lowest BCUT2D eigenvalue weighted by Crippen LogP contribution is -2.52. The molecule has 1 aromatic rings. The van der Waals surface area contributed by atoms with E-state index in [0.29, 0.717) is 32.5 Å². The van der Waals surface area contributed by atoms with Gasteiger partial charge in [0.25, 0.3) is 5.56 Å². The number of fused-ring (bicyclic) bond motifs is 4. The number of hydrogen-bond donors (Lipinski definition) is 1. The third-order valence-corrected chi connectivity index (χ3v) is 6.19. The van der Waals surface area contributed by atoms with Crippen LogP contribution < -0.4 is 5.56 Å². The third kappa shape index (κ3) is 2.87. The molecule has 2 bridgehead atoms. The van der Waals surface area contributed by atoms with Gasteiger partial charge in [0.2, 0.25) is 5.91 Å². The van der Waals surface area contributed by atoms with Crippen LogP contribution in [0.5, 0.6) is 0 Å². The van der Waals surface area contributed by atoms with Crippen molar-refractivity contribution in [2.75, 3.05) is 13.1 Å². The Hall–Kier alpha value is -2.11. The second kappa shape index (κ2) is 6.32. The van der Waals surface area contributed by atoms with E-state index in [0.717, 1.165) is 25.0 Å². The van der Waals surface area contributed by atoms with Crippen LogP contribution in [0, 0.1) is 17.8 Å². The summed E-state index contributed by atoms with van der Waals surface area (Å²) in [4.78, 5) is 38.6. The molecule has 1 saturated heterocycles. The molecule has 6 nitrogen and oxygen atoms in total. The Morgan fingerprint density at radius 3 is 2.56 bits per heavy atom. The smallest absolute Gasteiger partial charge is 0.307 e. The molecule has 3 aliphatic rings. The molecule has 6 heteroatoms. The van der Waals surface area contributed by atoms with Crippen LogP contribution in [-0.4, -0.2) is 39.5 Å². The van der Waals surface area contributed by atoms with Gasteiger partial charge in [0.1, 0.15) is 0 Å². The van der Waals surface area contributed by atoms with Gasteiger partial charge in [-0.25, -0.2) is 0 Å². The quantitative estimate of drug-likeness (QED) is 0.885. The Balaban J connectivity index is 1.56. The Morgan fingerprint density at radius 1 is 1.04 bits per heavy atom. The van der Waals surface area contributed by atoms with E-state index in [1.54, 1.807) is 12.1 Å². The summed E-state index contributed by atoms with van der Waals surface area (Å²) in [5.74, 6) is -1.30. The second-order valence-electron chi connectivity index (χ2n) is 7.78. The van der Waals surface area contributed by atoms with Gasteiger partial charge in [-0.15, -0.1) is 0 Å². The van der Waals surface area contributed by atoms with Gasteiger partial charge in [0.15, 0.2) is 0 Å². The van der Waals surface area contributed by atoms with Crippen LogP contribution >= 0.6 is 0 Å². The van der Waals surface area contributed by atoms with Crippen molar-refractivity contribution in [3.8, 4) is 0 Å². The molecule has 4 rings (SSSR count). The highest BCUT2D eigenvalue weighted by atomic mass is 16.4. The van der Waals surface area contributed by atoms with E-state index < -0.39 is 11.9 Å². The van der Waals surface area contributed by atoms with E-state index in [2.05, 4.69) is 0 Å². The highest BCUT2D eigenvalue weighted by Gasteiger charge is 2.42. The molecule has 1 amide bonds. The molecule has 0 unspecified atom stereocenters. The summed E-state index contributed by atoms with van der Waals surface area (Å²) in [6, 6.07) is 5.36. The molecule has 4 atom stereocenters. The van der Waals surface area contributed by atoms with Gasteiger partial charge in [0.05, 0.1) is 11.8 Å². The van der Waals surface area contributed by atoms with E-state index in [1.165, 1.54) is 0 Å². The number of piperidine rings is 1. The minimum absolute atomic E-state index is 0.00790. The van der Waals surface area contributed by atoms with E-state index in [9.17, 15) is 19.5 Å². The van der Waals surface area contributed by atoms with Crippen LogP contribution in [0.1, 0.15) is 43.7 Å². The SMILES string of the molecule is O=C(O)[C@H]1CCCC[C@@H]1C(=O)N1C[C@@H]2C[C@@H](C1)c1cccc(=O)n1C2. The summed E-state index contributed by atoms with van der Waals surface area (Å²) in [6.07, 6.45) is 4.10. The molecule has 2 aliphatic heterocycles. The highest BCUT2D eigenvalue weighted by molar-refractivity contribution is 5.85. The minimum Gasteiger partial charge on any atom is -0.481 e. The number of likely N-dealkylation sites (tertiary alicyclic amines) is 1. The Morgan fingerprint density at radius 2 is 1.80 bits per heavy atom. The third-order valence-electron chi connectivity index (χ3n) is 6.19. The molecule has 0 radical (unpaired) electrons. The molecular formula is C19H24N2O4. The van der Waals surface area contributed by atoms with Crippen molar-refractivity contribution in [2.24, 2.45) is 17.8 Å². The maximum atomic E-state index is 13.1. The summed E-state index contributed by atoms with van der Waals surface area (Å²) in [5, 5.41) is 9.47. The number of carboxylic acid groups (broad SMARTS) is 1. The molecule has 3 heterocycles. The number of nitrogens with zero attached hydrogens (tertiary/aromatic N) is 2. The summed E-state index contributed by atoms with van der Waals surface area (Å²) in [7, 11) is 0. The standard InChI is InChI=1S/C19H24N2O4/c22-17-7-3-6-16-13-8-12(10-21(16)17)9-20(11-13)18(23)14-4-1-2-5-15(14)19(24)25/h3,6-7,12-15H,1-2,4-5,8-11H2,(H,24,25)/t12-,13-,14-,15-/m0/s1. The molecule has 1 saturated carbocycles. The van der Waals surface area contributed by atoms with Gasteiger partial charge >= 0.3 is 5.97 Å². The maximum absolute atomic E-state index is 13.1. The average molecular weight is 344 g/mol. The van der Waals surface area contributed by atoms with Gasteiger partial charge < -0.3 is 14.6 Å². The van der Waals surface area contributed by atoms with Gasteiger partial charge in [-0.05, 0) is 31.2 Å². The first kappa shape index (κ1) is 16.4. The van der Waals surface area contributed by atoms with E-state index in [4.69, 9.17) is 0 Å². The van der Waals surface area contributed by atoms with Crippen molar-refractivity contribution < 1.29 is 14.7 Å². The largest absolute Gasteiger partial charge is 0.481 e. The monoisotopic (exact) mass is 344 g/mol. The number of carboxylic acids is 1. The van der Waals surface area contributed by atoms with Crippen LogP contribution in [0.4, 0.5) is 0 Å². The lowest BCUT2D eigenvalue weighted by Gasteiger charge is -2.44. The van der Waals surface area contributed by atoms with Crippen molar-refractivity contribution in [1.29, 1.82) is 0 Å². The average Bonchev–Trinajstić information content (AvgIpc) is 2.62. The van der Waals surface area contributed by atoms with E-state index >= 15 is 0 Å². The lowest BCUT2D eigenvalue weighted by atomic mass is 9.77. The zero-order chi connectivity index (χ0) is 17.6. The molecule has 0 aromatic carbocycles. The molecule has 0 spiro atoms. The van der Waals surface area contributed by atoms with Crippen LogP contribution in [0.15, 0.2) is 23.0 Å². The van der Waals surface area contributed by atoms with Crippen molar-refractivity contribution in [2.45, 2.75) is 44.6 Å². The zero-order valence-electron chi connectivity index (χ0n) is 14.3. The van der Waals surface area contributed by atoms with Crippen molar-refractivity contribution in [1.82, 2.24) is 9.47 Å². The topological polar surface area (TPSA) is 79.6 Å². The minimum atomic E-state index is -0.841. The molecule has 1 N–H and O–H groups in total. The van der Waals surface area contributed by atoms with Crippen LogP contribution in [-0.2, 0) is 16.1 Å². The number of carbonyl (C=O) groups excluding carboxylic acids is 1. The Bertz CT molecular complexity index is 756. The fourth-order valence-electron chi connectivity index (χ4n) is 5.03. The molecular weight excluding hydrogens is 320 g/mol. The van der Waals surface area contributed by atoms with Crippen molar-refractivity contribution >= 4 is 11.9 Å². The highest BCUT2D eigenvalue weighted by Crippen LogP contribution is 2.38. The van der Waals surface area contributed by atoms with Crippen molar-refractivity contribution in [3.05, 3.63) is 34.2 Å². The second-order valence-corrected chi connectivity index (χ2v) is 7.78. The Kier molecular flexibility index (Phi) is 4.13. The van der Waals surface area contributed by atoms with Gasteiger partial charge in [-0.2, -0.15) is 0 Å². The number of hydrogen-bond acceptors (Lipinski definition) is 3. The summed E-state index contributed by atoms with van der Waals surface area (Å²) in [5.41, 5.74) is 1.05. The predicted octanol–water partition coefficient (Wildman–Crippen LogP) is 1.69. The Labute approximate surface area is 146 Å². The lowest BCUT2D eigenvalue weighted by molar-refractivity contribution is -0.153.